The third-order valence-corrected chi connectivity index (χ3v) is 6.82. The number of aromatic nitrogens is 5. The van der Waals surface area contributed by atoms with Gasteiger partial charge in [-0.1, -0.05) is 6.07 Å². The summed E-state index contributed by atoms with van der Waals surface area (Å²) in [5, 5.41) is 8.39. The maximum Gasteiger partial charge on any atom is 0.275 e. The number of likely N-dealkylation sites (tertiary alicyclic amines) is 1. The van der Waals surface area contributed by atoms with Crippen LogP contribution in [-0.4, -0.2) is 54.5 Å². The summed E-state index contributed by atoms with van der Waals surface area (Å²) in [6.07, 6.45) is 7.12. The van der Waals surface area contributed by atoms with Crippen molar-refractivity contribution in [2.24, 2.45) is 11.3 Å². The molecule has 0 N–H and O–H groups in total. The number of carbonyl (C=O) groups is 1. The quantitative estimate of drug-likeness (QED) is 0.666. The number of hydrogen-bond donors (Lipinski definition) is 0. The number of hydrogen-bond acceptors (Lipinski definition) is 6. The summed E-state index contributed by atoms with van der Waals surface area (Å²) in [6.45, 7) is 4.65. The van der Waals surface area contributed by atoms with E-state index in [0.29, 0.717) is 23.2 Å². The minimum Gasteiger partial charge on any atom is -0.472 e. The number of ether oxygens (including phenoxy) is 1. The zero-order valence-electron chi connectivity index (χ0n) is 16.9. The maximum absolute atomic E-state index is 13.6. The molecule has 2 aliphatic carbocycles. The van der Waals surface area contributed by atoms with Gasteiger partial charge in [0.25, 0.3) is 5.91 Å². The van der Waals surface area contributed by atoms with E-state index in [1.807, 2.05) is 43.0 Å². The lowest BCUT2D eigenvalue weighted by molar-refractivity contribution is -0.0347. The van der Waals surface area contributed by atoms with E-state index < -0.39 is 0 Å². The van der Waals surface area contributed by atoms with Gasteiger partial charge in [-0.2, -0.15) is 10.2 Å². The van der Waals surface area contributed by atoms with Crippen molar-refractivity contribution in [1.82, 2.24) is 29.9 Å². The smallest absolute Gasteiger partial charge is 0.275 e. The molecule has 3 aromatic heterocycles. The highest BCUT2D eigenvalue weighted by Gasteiger charge is 2.76. The van der Waals surface area contributed by atoms with Gasteiger partial charge in [-0.3, -0.25) is 4.79 Å². The maximum atomic E-state index is 13.6. The number of carbonyl (C=O) groups excluding carboxylic acids is 1. The molecule has 8 nitrogen and oxygen atoms in total. The first kappa shape index (κ1) is 17.6. The summed E-state index contributed by atoms with van der Waals surface area (Å²) < 4.78 is 6.20. The number of rotatable bonds is 4. The molecule has 8 heteroatoms. The van der Waals surface area contributed by atoms with Gasteiger partial charge in [0, 0.05) is 29.9 Å². The van der Waals surface area contributed by atoms with E-state index in [9.17, 15) is 4.79 Å². The summed E-state index contributed by atoms with van der Waals surface area (Å²) in [6, 6.07) is 7.69. The molecule has 0 bridgehead atoms. The summed E-state index contributed by atoms with van der Waals surface area (Å²) in [5.74, 6) is 1.10. The van der Waals surface area contributed by atoms with Crippen LogP contribution in [0.3, 0.4) is 0 Å². The van der Waals surface area contributed by atoms with Gasteiger partial charge < -0.3 is 9.64 Å². The van der Waals surface area contributed by atoms with Crippen LogP contribution in [0.5, 0.6) is 5.88 Å². The Morgan fingerprint density at radius 1 is 1.13 bits per heavy atom. The Labute approximate surface area is 173 Å². The molecule has 2 saturated carbocycles. The van der Waals surface area contributed by atoms with E-state index >= 15 is 0 Å². The molecule has 3 aromatic rings. The van der Waals surface area contributed by atoms with Crippen LogP contribution < -0.4 is 4.74 Å². The SMILES string of the molecule is Cc1ccc(OC2CC34CC3CN(C(=O)c3nc(C)ccc3-n3nccn3)C24)nc1. The van der Waals surface area contributed by atoms with Gasteiger partial charge in [0.15, 0.2) is 5.69 Å². The van der Waals surface area contributed by atoms with Crippen molar-refractivity contribution in [3.05, 3.63) is 59.8 Å². The second kappa shape index (κ2) is 6.10. The van der Waals surface area contributed by atoms with Crippen LogP contribution in [0, 0.1) is 25.2 Å². The zero-order chi connectivity index (χ0) is 20.5. The monoisotopic (exact) mass is 402 g/mol. The van der Waals surface area contributed by atoms with Gasteiger partial charge >= 0.3 is 0 Å². The highest BCUT2D eigenvalue weighted by atomic mass is 16.5. The number of aryl methyl sites for hydroxylation is 2. The average Bonchev–Trinajstić information content (AvgIpc) is 3.10. The molecule has 1 aliphatic heterocycles. The van der Waals surface area contributed by atoms with Crippen molar-refractivity contribution < 1.29 is 9.53 Å². The van der Waals surface area contributed by atoms with Crippen LogP contribution in [0.1, 0.15) is 34.6 Å². The number of pyridine rings is 2. The Hall–Kier alpha value is -3.29. The van der Waals surface area contributed by atoms with Crippen LogP contribution >= 0.6 is 0 Å². The molecule has 4 heterocycles. The minimum absolute atomic E-state index is 0.0345. The number of nitrogens with zero attached hydrogens (tertiary/aromatic N) is 6. The largest absolute Gasteiger partial charge is 0.472 e. The van der Waals surface area contributed by atoms with Crippen molar-refractivity contribution in [3.8, 4) is 11.6 Å². The van der Waals surface area contributed by atoms with E-state index in [-0.39, 0.29) is 23.5 Å². The topological polar surface area (TPSA) is 86.0 Å². The van der Waals surface area contributed by atoms with Gasteiger partial charge in [-0.05, 0) is 50.3 Å². The average molecular weight is 402 g/mol. The number of piperidine rings is 1. The first-order valence-corrected chi connectivity index (χ1v) is 10.3. The Morgan fingerprint density at radius 3 is 2.73 bits per heavy atom. The minimum atomic E-state index is -0.0762. The summed E-state index contributed by atoms with van der Waals surface area (Å²) in [7, 11) is 0. The molecule has 1 amide bonds. The fourth-order valence-corrected chi connectivity index (χ4v) is 5.28. The summed E-state index contributed by atoms with van der Waals surface area (Å²) >= 11 is 0. The molecule has 3 aliphatic rings. The zero-order valence-corrected chi connectivity index (χ0v) is 16.9. The van der Waals surface area contributed by atoms with E-state index in [1.165, 1.54) is 11.2 Å². The molecule has 3 fully saturated rings. The van der Waals surface area contributed by atoms with Crippen LogP contribution in [0.4, 0.5) is 0 Å². The fraction of sp³-hybridized carbons (Fsp3) is 0.409. The van der Waals surface area contributed by atoms with Crippen molar-refractivity contribution in [2.75, 3.05) is 6.54 Å². The lowest BCUT2D eigenvalue weighted by atomic mass is 9.73. The van der Waals surface area contributed by atoms with Crippen LogP contribution in [0.25, 0.3) is 5.69 Å². The molecular weight excluding hydrogens is 380 g/mol. The first-order chi connectivity index (χ1) is 14.5. The van der Waals surface area contributed by atoms with E-state index in [2.05, 4.69) is 20.2 Å². The van der Waals surface area contributed by atoms with Crippen LogP contribution in [-0.2, 0) is 0 Å². The predicted octanol–water partition coefficient (Wildman–Crippen LogP) is 2.36. The summed E-state index contributed by atoms with van der Waals surface area (Å²) in [5.41, 5.74) is 3.10. The third-order valence-electron chi connectivity index (χ3n) is 6.82. The van der Waals surface area contributed by atoms with Gasteiger partial charge in [-0.25, -0.2) is 9.97 Å². The standard InChI is InChI=1S/C22H22N6O2/c1-13-3-6-18(23-11-13)30-17-10-22-9-15(22)12-27(20(17)22)21(29)19-16(5-4-14(2)26-19)28-24-7-8-25-28/h3-8,11,15,17,20H,9-10,12H2,1-2H3. The normalized spacial score (nSPS) is 28.5. The summed E-state index contributed by atoms with van der Waals surface area (Å²) in [4.78, 5) is 26.0. The second-order valence-corrected chi connectivity index (χ2v) is 8.71. The second-order valence-electron chi connectivity index (χ2n) is 8.71. The van der Waals surface area contributed by atoms with Gasteiger partial charge in [0.2, 0.25) is 5.88 Å². The Kier molecular flexibility index (Phi) is 3.57. The highest BCUT2D eigenvalue weighted by molar-refractivity contribution is 5.96. The fourth-order valence-electron chi connectivity index (χ4n) is 5.28. The lowest BCUT2D eigenvalue weighted by Crippen LogP contribution is -2.59. The molecule has 4 atom stereocenters. The van der Waals surface area contributed by atoms with Gasteiger partial charge in [-0.15, -0.1) is 4.80 Å². The van der Waals surface area contributed by atoms with E-state index in [0.717, 1.165) is 24.2 Å². The van der Waals surface area contributed by atoms with Gasteiger partial charge in [0.1, 0.15) is 11.8 Å². The predicted molar refractivity (Wildman–Crippen MR) is 107 cm³/mol. The lowest BCUT2D eigenvalue weighted by Gasteiger charge is -2.46. The number of amides is 1. The molecule has 6 rings (SSSR count). The van der Waals surface area contributed by atoms with E-state index in [4.69, 9.17) is 4.74 Å². The van der Waals surface area contributed by atoms with Crippen molar-refractivity contribution in [3.63, 3.8) is 0 Å². The van der Waals surface area contributed by atoms with Crippen LogP contribution in [0.15, 0.2) is 42.9 Å². The Bertz CT molecular complexity index is 1130. The Balaban J connectivity index is 1.30. The third kappa shape index (κ3) is 2.49. The van der Waals surface area contributed by atoms with Crippen molar-refractivity contribution in [1.29, 1.82) is 0 Å². The van der Waals surface area contributed by atoms with E-state index in [1.54, 1.807) is 18.6 Å². The molecule has 1 spiro atoms. The van der Waals surface area contributed by atoms with Gasteiger partial charge in [0.05, 0.1) is 18.4 Å². The van der Waals surface area contributed by atoms with Crippen LogP contribution in [0.2, 0.25) is 0 Å². The van der Waals surface area contributed by atoms with Crippen molar-refractivity contribution >= 4 is 5.91 Å². The van der Waals surface area contributed by atoms with Crippen molar-refractivity contribution in [2.45, 2.75) is 38.8 Å². The molecule has 0 radical (unpaired) electrons. The first-order valence-electron chi connectivity index (χ1n) is 10.3. The molecular formula is C22H22N6O2. The molecule has 4 unspecified atom stereocenters. The molecule has 0 aromatic carbocycles. The Morgan fingerprint density at radius 2 is 1.97 bits per heavy atom. The molecule has 30 heavy (non-hydrogen) atoms. The molecule has 152 valence electrons. The highest BCUT2D eigenvalue weighted by Crippen LogP contribution is 2.71. The molecule has 1 saturated heterocycles.